The van der Waals surface area contributed by atoms with Gasteiger partial charge in [0.2, 0.25) is 0 Å². The van der Waals surface area contributed by atoms with Gasteiger partial charge in [0, 0.05) is 12.6 Å². The molecule has 0 fully saturated rings. The van der Waals surface area contributed by atoms with E-state index in [0.717, 1.165) is 12.1 Å². The molecule has 1 rings (SSSR count). The monoisotopic (exact) mass is 278 g/mol. The minimum Gasteiger partial charge on any atom is -0.393 e. The van der Waals surface area contributed by atoms with Gasteiger partial charge in [-0.1, -0.05) is 19.9 Å². The van der Waals surface area contributed by atoms with Gasteiger partial charge in [-0.05, 0) is 43.4 Å². The number of nitrogens with zero attached hydrogens (tertiary/aromatic N) is 1. The number of aliphatic hydroxyl groups excluding tert-OH is 1. The predicted octanol–water partition coefficient (Wildman–Crippen LogP) is 3.15. The van der Waals surface area contributed by atoms with Crippen LogP contribution in [0.25, 0.3) is 0 Å². The first-order valence-electron chi connectivity index (χ1n) is 6.86. The van der Waals surface area contributed by atoms with Crippen molar-refractivity contribution in [2.45, 2.75) is 46.3 Å². The Morgan fingerprint density at radius 1 is 1.40 bits per heavy atom. The lowest BCUT2D eigenvalue weighted by atomic mass is 9.86. The van der Waals surface area contributed by atoms with Gasteiger partial charge in [-0.3, -0.25) is 0 Å². The molecule has 0 amide bonds. The van der Waals surface area contributed by atoms with Crippen molar-refractivity contribution in [2.24, 2.45) is 5.41 Å². The number of nitriles is 1. The SMILES string of the molecule is CC(O)CC(C)(C)CNC(C)c1ccc(C#N)c(F)c1. The normalized spacial score (nSPS) is 14.7. The van der Waals surface area contributed by atoms with Gasteiger partial charge >= 0.3 is 0 Å². The summed E-state index contributed by atoms with van der Waals surface area (Å²) < 4.78 is 13.6. The van der Waals surface area contributed by atoms with Crippen LogP contribution in [0, 0.1) is 22.6 Å². The molecule has 0 heterocycles. The molecule has 3 nitrogen and oxygen atoms in total. The quantitative estimate of drug-likeness (QED) is 0.840. The van der Waals surface area contributed by atoms with Crippen LogP contribution in [0.3, 0.4) is 0 Å². The van der Waals surface area contributed by atoms with E-state index in [1.54, 1.807) is 13.0 Å². The summed E-state index contributed by atoms with van der Waals surface area (Å²) in [6.45, 7) is 8.62. The molecule has 20 heavy (non-hydrogen) atoms. The van der Waals surface area contributed by atoms with Gasteiger partial charge in [-0.2, -0.15) is 5.26 Å². The third kappa shape index (κ3) is 4.92. The summed E-state index contributed by atoms with van der Waals surface area (Å²) in [7, 11) is 0. The summed E-state index contributed by atoms with van der Waals surface area (Å²) in [6.07, 6.45) is 0.364. The average molecular weight is 278 g/mol. The zero-order chi connectivity index (χ0) is 15.3. The summed E-state index contributed by atoms with van der Waals surface area (Å²) in [4.78, 5) is 0. The summed E-state index contributed by atoms with van der Waals surface area (Å²) in [6, 6.07) is 6.48. The van der Waals surface area contributed by atoms with Crippen LogP contribution in [-0.2, 0) is 0 Å². The maximum Gasteiger partial charge on any atom is 0.141 e. The summed E-state index contributed by atoms with van der Waals surface area (Å²) >= 11 is 0. The Morgan fingerprint density at radius 3 is 2.55 bits per heavy atom. The van der Waals surface area contributed by atoms with E-state index in [-0.39, 0.29) is 23.1 Å². The second kappa shape index (κ2) is 6.83. The van der Waals surface area contributed by atoms with E-state index in [9.17, 15) is 9.50 Å². The number of nitrogens with one attached hydrogen (secondary N) is 1. The van der Waals surface area contributed by atoms with Crippen molar-refractivity contribution in [1.82, 2.24) is 5.32 Å². The zero-order valence-electron chi connectivity index (χ0n) is 12.6. The largest absolute Gasteiger partial charge is 0.393 e. The highest BCUT2D eigenvalue weighted by atomic mass is 19.1. The van der Waals surface area contributed by atoms with Crippen molar-refractivity contribution >= 4 is 0 Å². The Labute approximate surface area is 120 Å². The Balaban J connectivity index is 2.66. The number of rotatable bonds is 6. The van der Waals surface area contributed by atoms with Crippen LogP contribution in [0.5, 0.6) is 0 Å². The molecule has 0 aliphatic heterocycles. The summed E-state index contributed by atoms with van der Waals surface area (Å²) in [5.41, 5.74) is 0.845. The second-order valence-electron chi connectivity index (χ2n) is 6.17. The molecule has 110 valence electrons. The highest BCUT2D eigenvalue weighted by molar-refractivity contribution is 5.34. The molecule has 1 aromatic carbocycles. The summed E-state index contributed by atoms with van der Waals surface area (Å²) in [5.74, 6) is -0.484. The van der Waals surface area contributed by atoms with Gasteiger partial charge in [-0.15, -0.1) is 0 Å². The van der Waals surface area contributed by atoms with Gasteiger partial charge in [0.1, 0.15) is 11.9 Å². The minimum absolute atomic E-state index is 0.00878. The number of aliphatic hydroxyl groups is 1. The number of hydrogen-bond acceptors (Lipinski definition) is 3. The minimum atomic E-state index is -0.484. The molecule has 0 spiro atoms. The van der Waals surface area contributed by atoms with Crippen LogP contribution in [0.15, 0.2) is 18.2 Å². The topological polar surface area (TPSA) is 56.0 Å². The van der Waals surface area contributed by atoms with Crippen LogP contribution < -0.4 is 5.32 Å². The smallest absolute Gasteiger partial charge is 0.141 e. The predicted molar refractivity (Wildman–Crippen MR) is 77.6 cm³/mol. The molecule has 0 saturated heterocycles. The Bertz CT molecular complexity index is 492. The lowest BCUT2D eigenvalue weighted by Crippen LogP contribution is -2.33. The standard InChI is InChI=1S/C16H23FN2O/c1-11(20)8-16(3,4)10-19-12(2)13-5-6-14(9-18)15(17)7-13/h5-7,11-12,19-20H,8,10H2,1-4H3. The maximum absolute atomic E-state index is 13.6. The van der Waals surface area contributed by atoms with Gasteiger partial charge in [0.15, 0.2) is 0 Å². The molecule has 0 aliphatic carbocycles. The highest BCUT2D eigenvalue weighted by Gasteiger charge is 2.21. The lowest BCUT2D eigenvalue weighted by Gasteiger charge is -2.28. The highest BCUT2D eigenvalue weighted by Crippen LogP contribution is 2.23. The molecule has 0 saturated carbocycles. The van der Waals surface area contributed by atoms with E-state index < -0.39 is 5.82 Å². The lowest BCUT2D eigenvalue weighted by molar-refractivity contribution is 0.127. The number of benzene rings is 1. The molecule has 2 unspecified atom stereocenters. The fourth-order valence-electron chi connectivity index (χ4n) is 2.31. The first kappa shape index (κ1) is 16.6. The fraction of sp³-hybridized carbons (Fsp3) is 0.562. The number of halogens is 1. The Hall–Kier alpha value is -1.44. The van der Waals surface area contributed by atoms with E-state index in [0.29, 0.717) is 6.42 Å². The molecule has 2 atom stereocenters. The molecular formula is C16H23FN2O. The third-order valence-electron chi connectivity index (χ3n) is 3.35. The Kier molecular flexibility index (Phi) is 5.67. The van der Waals surface area contributed by atoms with E-state index in [2.05, 4.69) is 19.2 Å². The molecule has 0 bridgehead atoms. The first-order valence-corrected chi connectivity index (χ1v) is 6.86. The number of hydrogen-bond donors (Lipinski definition) is 2. The van der Waals surface area contributed by atoms with Crippen LogP contribution in [0.4, 0.5) is 4.39 Å². The third-order valence-corrected chi connectivity index (χ3v) is 3.35. The van der Waals surface area contributed by atoms with Crippen molar-refractivity contribution in [3.63, 3.8) is 0 Å². The van der Waals surface area contributed by atoms with Crippen molar-refractivity contribution in [3.8, 4) is 6.07 Å². The zero-order valence-corrected chi connectivity index (χ0v) is 12.6. The molecule has 0 aromatic heterocycles. The fourth-order valence-corrected chi connectivity index (χ4v) is 2.31. The molecule has 2 N–H and O–H groups in total. The molecular weight excluding hydrogens is 255 g/mol. The first-order chi connectivity index (χ1) is 9.25. The van der Waals surface area contributed by atoms with Crippen LogP contribution in [-0.4, -0.2) is 17.8 Å². The summed E-state index contributed by atoms with van der Waals surface area (Å²) in [5, 5.41) is 21.5. The maximum atomic E-state index is 13.6. The van der Waals surface area contributed by atoms with Crippen molar-refractivity contribution < 1.29 is 9.50 Å². The van der Waals surface area contributed by atoms with Gasteiger partial charge in [0.25, 0.3) is 0 Å². The van der Waals surface area contributed by atoms with Crippen molar-refractivity contribution in [1.29, 1.82) is 5.26 Å². The van der Waals surface area contributed by atoms with E-state index in [4.69, 9.17) is 5.26 Å². The van der Waals surface area contributed by atoms with Crippen molar-refractivity contribution in [2.75, 3.05) is 6.54 Å². The van der Waals surface area contributed by atoms with E-state index >= 15 is 0 Å². The van der Waals surface area contributed by atoms with Crippen molar-refractivity contribution in [3.05, 3.63) is 35.1 Å². The van der Waals surface area contributed by atoms with Crippen LogP contribution in [0.1, 0.15) is 51.3 Å². The van der Waals surface area contributed by atoms with Gasteiger partial charge < -0.3 is 10.4 Å². The molecule has 0 radical (unpaired) electrons. The van der Waals surface area contributed by atoms with Crippen LogP contribution >= 0.6 is 0 Å². The molecule has 0 aliphatic rings. The average Bonchev–Trinajstić information content (AvgIpc) is 2.34. The van der Waals surface area contributed by atoms with Gasteiger partial charge in [-0.25, -0.2) is 4.39 Å². The Morgan fingerprint density at radius 2 is 2.05 bits per heavy atom. The molecule has 1 aromatic rings. The van der Waals surface area contributed by atoms with Gasteiger partial charge in [0.05, 0.1) is 11.7 Å². The molecule has 4 heteroatoms. The van der Waals surface area contributed by atoms with E-state index in [1.807, 2.05) is 13.0 Å². The van der Waals surface area contributed by atoms with Crippen LogP contribution in [0.2, 0.25) is 0 Å². The van der Waals surface area contributed by atoms with E-state index in [1.165, 1.54) is 12.1 Å². The second-order valence-corrected chi connectivity index (χ2v) is 6.17.